The van der Waals surface area contributed by atoms with Crippen molar-refractivity contribution in [1.82, 2.24) is 10.2 Å². The number of nitrogens with zero attached hydrogens (tertiary/aromatic N) is 1. The molecule has 0 radical (unpaired) electrons. The SMILES string of the molecule is CC.CC.COC(C)(C)C.O=C1CCC(N2C(=O)C3C=CC=CC3C2=O)C(=O)N1. The summed E-state index contributed by atoms with van der Waals surface area (Å²) in [6.45, 7) is 14.1. The number of carbonyl (C=O) groups is 4. The van der Waals surface area contributed by atoms with E-state index in [2.05, 4.69) is 5.32 Å². The van der Waals surface area contributed by atoms with E-state index < -0.39 is 23.8 Å². The Labute approximate surface area is 174 Å². The Balaban J connectivity index is 0.000000670. The van der Waals surface area contributed by atoms with Gasteiger partial charge in [0.1, 0.15) is 6.04 Å². The highest BCUT2D eigenvalue weighted by molar-refractivity contribution is 6.12. The van der Waals surface area contributed by atoms with Crippen LogP contribution in [0.3, 0.4) is 0 Å². The molecule has 3 aliphatic rings. The number of imide groups is 2. The quantitative estimate of drug-likeness (QED) is 0.673. The molecule has 164 valence electrons. The van der Waals surface area contributed by atoms with Crippen LogP contribution in [0.4, 0.5) is 0 Å². The van der Waals surface area contributed by atoms with Crippen LogP contribution in [0.5, 0.6) is 0 Å². The van der Waals surface area contributed by atoms with Crippen molar-refractivity contribution in [3.05, 3.63) is 24.3 Å². The lowest BCUT2D eigenvalue weighted by molar-refractivity contribution is -0.151. The largest absolute Gasteiger partial charge is 0.379 e. The van der Waals surface area contributed by atoms with Gasteiger partial charge < -0.3 is 4.74 Å². The molecule has 0 aromatic heterocycles. The zero-order valence-electron chi connectivity index (χ0n) is 18.9. The monoisotopic (exact) mass is 408 g/mol. The molecule has 1 N–H and O–H groups in total. The Bertz CT molecular complexity index is 616. The van der Waals surface area contributed by atoms with Crippen molar-refractivity contribution in [2.45, 2.75) is 73.0 Å². The van der Waals surface area contributed by atoms with E-state index in [0.29, 0.717) is 0 Å². The first-order chi connectivity index (χ1) is 13.7. The molecule has 3 rings (SSSR count). The van der Waals surface area contributed by atoms with Gasteiger partial charge >= 0.3 is 0 Å². The highest BCUT2D eigenvalue weighted by Gasteiger charge is 2.50. The van der Waals surface area contributed by atoms with E-state index in [-0.39, 0.29) is 36.2 Å². The summed E-state index contributed by atoms with van der Waals surface area (Å²) in [5, 5.41) is 2.17. The van der Waals surface area contributed by atoms with Crippen molar-refractivity contribution in [1.29, 1.82) is 0 Å². The first kappa shape index (κ1) is 26.7. The first-order valence-corrected chi connectivity index (χ1v) is 10.3. The van der Waals surface area contributed by atoms with E-state index in [1.54, 1.807) is 31.4 Å². The van der Waals surface area contributed by atoms with Crippen molar-refractivity contribution in [2.75, 3.05) is 7.11 Å². The van der Waals surface area contributed by atoms with Gasteiger partial charge in [-0.1, -0.05) is 52.0 Å². The van der Waals surface area contributed by atoms with Gasteiger partial charge in [-0.25, -0.2) is 0 Å². The Kier molecular flexibility index (Phi) is 11.3. The fourth-order valence-corrected chi connectivity index (χ4v) is 2.74. The molecule has 2 fully saturated rings. The number of hydrogen-bond acceptors (Lipinski definition) is 5. The fraction of sp³-hybridized carbons (Fsp3) is 0.636. The van der Waals surface area contributed by atoms with E-state index in [4.69, 9.17) is 4.74 Å². The Morgan fingerprint density at radius 2 is 1.34 bits per heavy atom. The van der Waals surface area contributed by atoms with Crippen molar-refractivity contribution in [2.24, 2.45) is 11.8 Å². The van der Waals surface area contributed by atoms with E-state index in [1.807, 2.05) is 48.5 Å². The summed E-state index contributed by atoms with van der Waals surface area (Å²) in [5.74, 6) is -2.66. The van der Waals surface area contributed by atoms with Gasteiger partial charge in [0.25, 0.3) is 0 Å². The van der Waals surface area contributed by atoms with Gasteiger partial charge in [-0.15, -0.1) is 0 Å². The minimum atomic E-state index is -0.856. The number of nitrogens with one attached hydrogen (secondary N) is 1. The molecule has 2 heterocycles. The molecule has 0 spiro atoms. The smallest absolute Gasteiger partial charge is 0.249 e. The van der Waals surface area contributed by atoms with Crippen LogP contribution < -0.4 is 5.32 Å². The lowest BCUT2D eigenvalue weighted by atomic mass is 9.91. The highest BCUT2D eigenvalue weighted by atomic mass is 16.5. The van der Waals surface area contributed by atoms with Crippen molar-refractivity contribution in [3.63, 3.8) is 0 Å². The number of allylic oxidation sites excluding steroid dienone is 2. The third kappa shape index (κ3) is 7.24. The van der Waals surface area contributed by atoms with Gasteiger partial charge in [-0.2, -0.15) is 0 Å². The Morgan fingerprint density at radius 3 is 1.69 bits per heavy atom. The van der Waals surface area contributed by atoms with Gasteiger partial charge in [0.2, 0.25) is 23.6 Å². The Morgan fingerprint density at radius 1 is 0.931 bits per heavy atom. The highest BCUT2D eigenvalue weighted by Crippen LogP contribution is 2.33. The van der Waals surface area contributed by atoms with E-state index in [1.165, 1.54) is 0 Å². The summed E-state index contributed by atoms with van der Waals surface area (Å²) in [7, 11) is 1.71. The first-order valence-electron chi connectivity index (χ1n) is 10.3. The van der Waals surface area contributed by atoms with Gasteiger partial charge in [-0.05, 0) is 27.2 Å². The van der Waals surface area contributed by atoms with Gasteiger partial charge in [0.05, 0.1) is 17.4 Å². The minimum absolute atomic E-state index is 0.0417. The predicted octanol–water partition coefficient (Wildman–Crippen LogP) is 3.00. The molecule has 7 heteroatoms. The number of carbonyl (C=O) groups excluding carboxylic acids is 4. The number of piperidine rings is 1. The normalized spacial score (nSPS) is 25.0. The third-order valence-electron chi connectivity index (χ3n) is 4.31. The van der Waals surface area contributed by atoms with Gasteiger partial charge in [0, 0.05) is 13.5 Å². The summed E-state index contributed by atoms with van der Waals surface area (Å²) in [5.41, 5.74) is 0.0417. The molecule has 29 heavy (non-hydrogen) atoms. The molecule has 1 aliphatic carbocycles. The molecule has 7 nitrogen and oxygen atoms in total. The molecule has 3 unspecified atom stereocenters. The average molecular weight is 409 g/mol. The van der Waals surface area contributed by atoms with Crippen LogP contribution in [0.15, 0.2) is 24.3 Å². The number of likely N-dealkylation sites (tertiary alicyclic amines) is 1. The van der Waals surface area contributed by atoms with Gasteiger partial charge in [0.15, 0.2) is 0 Å². The molecule has 3 atom stereocenters. The number of hydrogen-bond donors (Lipinski definition) is 1. The second kappa shape index (κ2) is 12.3. The maximum absolute atomic E-state index is 12.2. The number of rotatable bonds is 1. The van der Waals surface area contributed by atoms with Crippen molar-refractivity contribution < 1.29 is 23.9 Å². The van der Waals surface area contributed by atoms with E-state index >= 15 is 0 Å². The Hall–Kier alpha value is -2.28. The van der Waals surface area contributed by atoms with Crippen LogP contribution in [0.1, 0.15) is 61.3 Å². The molecule has 4 amide bonds. The molecule has 2 saturated heterocycles. The summed E-state index contributed by atoms with van der Waals surface area (Å²) < 4.78 is 4.94. The lowest BCUT2D eigenvalue weighted by Crippen LogP contribution is -2.54. The summed E-state index contributed by atoms with van der Waals surface area (Å²) in [4.78, 5) is 48.4. The maximum Gasteiger partial charge on any atom is 0.249 e. The molecule has 0 bridgehead atoms. The van der Waals surface area contributed by atoms with Crippen LogP contribution >= 0.6 is 0 Å². The van der Waals surface area contributed by atoms with Crippen molar-refractivity contribution >= 4 is 23.6 Å². The number of methoxy groups -OCH3 is 1. The van der Waals surface area contributed by atoms with Crippen LogP contribution in [0, 0.1) is 11.8 Å². The van der Waals surface area contributed by atoms with Crippen LogP contribution in [0.25, 0.3) is 0 Å². The van der Waals surface area contributed by atoms with Crippen molar-refractivity contribution in [3.8, 4) is 0 Å². The zero-order chi connectivity index (χ0) is 22.8. The molecule has 0 saturated carbocycles. The number of amides is 4. The average Bonchev–Trinajstić information content (AvgIpc) is 2.96. The molecule has 0 aromatic rings. The molecular formula is C22H36N2O5. The molecule has 0 aromatic carbocycles. The summed E-state index contributed by atoms with van der Waals surface area (Å²) >= 11 is 0. The van der Waals surface area contributed by atoms with Gasteiger partial charge in [-0.3, -0.25) is 29.4 Å². The summed E-state index contributed by atoms with van der Waals surface area (Å²) in [6, 6.07) is -0.856. The third-order valence-corrected chi connectivity index (χ3v) is 4.31. The number of fused-ring (bicyclic) bond motifs is 1. The van der Waals surface area contributed by atoms with Crippen LogP contribution in [-0.4, -0.2) is 47.3 Å². The topological polar surface area (TPSA) is 92.8 Å². The van der Waals surface area contributed by atoms with E-state index in [0.717, 1.165) is 4.90 Å². The minimum Gasteiger partial charge on any atom is -0.379 e. The zero-order valence-corrected chi connectivity index (χ0v) is 18.9. The summed E-state index contributed by atoms with van der Waals surface area (Å²) in [6.07, 6.45) is 7.15. The second-order valence-corrected chi connectivity index (χ2v) is 7.15. The predicted molar refractivity (Wildman–Crippen MR) is 113 cm³/mol. The van der Waals surface area contributed by atoms with Crippen LogP contribution in [0.2, 0.25) is 0 Å². The molecule has 2 aliphatic heterocycles. The fourth-order valence-electron chi connectivity index (χ4n) is 2.74. The lowest BCUT2D eigenvalue weighted by Gasteiger charge is -2.28. The van der Waals surface area contributed by atoms with E-state index in [9.17, 15) is 19.2 Å². The van der Waals surface area contributed by atoms with Crippen LogP contribution in [-0.2, 0) is 23.9 Å². The standard InChI is InChI=1S/C13H12N2O4.C5H12O.2C2H6/c16-10-6-5-9(11(17)14-10)15-12(18)7-3-1-2-4-8(7)13(15)19;1-5(2,3)6-4;2*1-2/h1-4,7-9H,5-6H2,(H,14,16,17);1-4H3;2*1-2H3. The molecular weight excluding hydrogens is 372 g/mol. The number of ether oxygens (including phenoxy) is 1. The maximum atomic E-state index is 12.2. The second-order valence-electron chi connectivity index (χ2n) is 7.15.